The highest BCUT2D eigenvalue weighted by atomic mass is 32.2. The Hall–Kier alpha value is -1.20. The highest BCUT2D eigenvalue weighted by Gasteiger charge is 2.08. The fourth-order valence-electron chi connectivity index (χ4n) is 1.54. The minimum atomic E-state index is -0.00713. The van der Waals surface area contributed by atoms with Crippen molar-refractivity contribution in [2.75, 3.05) is 43.2 Å². The monoisotopic (exact) mass is 267 g/mol. The van der Waals surface area contributed by atoms with Crippen LogP contribution in [0.15, 0.2) is 18.2 Å². The highest BCUT2D eigenvalue weighted by molar-refractivity contribution is 7.98. The molecule has 0 atom stereocenters. The van der Waals surface area contributed by atoms with E-state index in [4.69, 9.17) is 5.73 Å². The van der Waals surface area contributed by atoms with Gasteiger partial charge in [-0.15, -0.1) is 0 Å². The van der Waals surface area contributed by atoms with Crippen LogP contribution in [0.2, 0.25) is 0 Å². The van der Waals surface area contributed by atoms with E-state index in [0.717, 1.165) is 23.5 Å². The minimum absolute atomic E-state index is 0.00713. The summed E-state index contributed by atoms with van der Waals surface area (Å²) in [6.45, 7) is 3.26. The molecule has 4 nitrogen and oxygen atoms in total. The van der Waals surface area contributed by atoms with Gasteiger partial charge in [-0.1, -0.05) is 6.07 Å². The average molecular weight is 267 g/mol. The highest BCUT2D eigenvalue weighted by Crippen LogP contribution is 2.17. The summed E-state index contributed by atoms with van der Waals surface area (Å²) in [7, 11) is 1.95. The number of nitrogens with one attached hydrogen (secondary N) is 1. The minimum Gasteiger partial charge on any atom is -0.399 e. The van der Waals surface area contributed by atoms with Crippen LogP contribution in [0.4, 0.5) is 11.4 Å². The SMILES string of the molecule is CSCCN(C)CC(=O)Nc1cc(N)ccc1C. The molecule has 0 fully saturated rings. The zero-order valence-electron chi connectivity index (χ0n) is 11.2. The molecule has 0 bridgehead atoms. The van der Waals surface area contributed by atoms with Gasteiger partial charge in [-0.3, -0.25) is 9.69 Å². The first-order valence-electron chi connectivity index (χ1n) is 5.86. The molecule has 0 aliphatic heterocycles. The number of nitrogen functional groups attached to an aromatic ring is 1. The van der Waals surface area contributed by atoms with Gasteiger partial charge >= 0.3 is 0 Å². The van der Waals surface area contributed by atoms with Crippen LogP contribution in [0, 0.1) is 6.92 Å². The van der Waals surface area contributed by atoms with E-state index >= 15 is 0 Å². The normalized spacial score (nSPS) is 10.7. The smallest absolute Gasteiger partial charge is 0.238 e. The van der Waals surface area contributed by atoms with Crippen molar-refractivity contribution in [1.29, 1.82) is 0 Å². The molecule has 0 aliphatic carbocycles. The maximum Gasteiger partial charge on any atom is 0.238 e. The molecule has 18 heavy (non-hydrogen) atoms. The molecule has 0 saturated carbocycles. The molecule has 0 saturated heterocycles. The Kier molecular flexibility index (Phi) is 6.01. The lowest BCUT2D eigenvalue weighted by Crippen LogP contribution is -2.31. The van der Waals surface area contributed by atoms with E-state index in [9.17, 15) is 4.79 Å². The van der Waals surface area contributed by atoms with E-state index in [1.165, 1.54) is 0 Å². The molecule has 0 spiro atoms. The summed E-state index contributed by atoms with van der Waals surface area (Å²) in [4.78, 5) is 13.9. The van der Waals surface area contributed by atoms with Crippen LogP contribution in [0.3, 0.4) is 0 Å². The molecule has 100 valence electrons. The quantitative estimate of drug-likeness (QED) is 0.772. The Balaban J connectivity index is 2.51. The molecule has 3 N–H and O–H groups in total. The molecule has 1 amide bonds. The third-order valence-electron chi connectivity index (χ3n) is 2.63. The van der Waals surface area contributed by atoms with Crippen molar-refractivity contribution < 1.29 is 4.79 Å². The lowest BCUT2D eigenvalue weighted by atomic mass is 10.2. The van der Waals surface area contributed by atoms with Gasteiger partial charge in [-0.2, -0.15) is 11.8 Å². The van der Waals surface area contributed by atoms with Crippen molar-refractivity contribution in [2.24, 2.45) is 0 Å². The molecule has 1 aromatic rings. The third kappa shape index (κ3) is 4.98. The summed E-state index contributed by atoms with van der Waals surface area (Å²) in [5.41, 5.74) is 8.17. The van der Waals surface area contributed by atoms with Gasteiger partial charge in [-0.05, 0) is 37.9 Å². The van der Waals surface area contributed by atoms with E-state index in [0.29, 0.717) is 12.2 Å². The van der Waals surface area contributed by atoms with Gasteiger partial charge in [-0.25, -0.2) is 0 Å². The summed E-state index contributed by atoms with van der Waals surface area (Å²) >= 11 is 1.78. The number of hydrogen-bond acceptors (Lipinski definition) is 4. The second kappa shape index (κ2) is 7.28. The van der Waals surface area contributed by atoms with E-state index in [-0.39, 0.29) is 5.91 Å². The van der Waals surface area contributed by atoms with E-state index in [1.807, 2.05) is 31.0 Å². The number of carbonyl (C=O) groups excluding carboxylic acids is 1. The second-order valence-corrected chi connectivity index (χ2v) is 5.34. The molecule has 0 aromatic heterocycles. The Morgan fingerprint density at radius 3 is 2.89 bits per heavy atom. The first-order chi connectivity index (χ1) is 8.52. The Morgan fingerprint density at radius 2 is 2.22 bits per heavy atom. The number of amides is 1. The number of likely N-dealkylation sites (N-methyl/N-ethyl adjacent to an activating group) is 1. The molecule has 5 heteroatoms. The number of nitrogens with zero attached hydrogens (tertiary/aromatic N) is 1. The number of carbonyl (C=O) groups is 1. The van der Waals surface area contributed by atoms with Crippen molar-refractivity contribution >= 4 is 29.0 Å². The summed E-state index contributed by atoms with van der Waals surface area (Å²) in [6.07, 6.45) is 2.06. The van der Waals surface area contributed by atoms with E-state index in [2.05, 4.69) is 11.6 Å². The van der Waals surface area contributed by atoms with Crippen molar-refractivity contribution in [2.45, 2.75) is 6.92 Å². The van der Waals surface area contributed by atoms with Gasteiger partial charge in [0.2, 0.25) is 5.91 Å². The van der Waals surface area contributed by atoms with Crippen molar-refractivity contribution in [1.82, 2.24) is 4.90 Å². The maximum atomic E-state index is 11.8. The van der Waals surface area contributed by atoms with Crippen molar-refractivity contribution in [3.63, 3.8) is 0 Å². The topological polar surface area (TPSA) is 58.4 Å². The number of rotatable bonds is 6. The summed E-state index contributed by atoms with van der Waals surface area (Å²) in [5, 5.41) is 2.89. The number of hydrogen-bond donors (Lipinski definition) is 2. The number of thioether (sulfide) groups is 1. The largest absolute Gasteiger partial charge is 0.399 e. The van der Waals surface area contributed by atoms with Crippen molar-refractivity contribution in [3.8, 4) is 0 Å². The van der Waals surface area contributed by atoms with Crippen LogP contribution in [0.5, 0.6) is 0 Å². The first-order valence-corrected chi connectivity index (χ1v) is 7.25. The van der Waals surface area contributed by atoms with Crippen LogP contribution in [-0.4, -0.2) is 43.0 Å². The van der Waals surface area contributed by atoms with Gasteiger partial charge in [0.25, 0.3) is 0 Å². The van der Waals surface area contributed by atoms with Crippen LogP contribution < -0.4 is 11.1 Å². The Bertz CT molecular complexity index is 409. The third-order valence-corrected chi connectivity index (χ3v) is 3.22. The van der Waals surface area contributed by atoms with Crippen LogP contribution >= 0.6 is 11.8 Å². The fraction of sp³-hybridized carbons (Fsp3) is 0.462. The standard InChI is InChI=1S/C13H21N3OS/c1-10-4-5-11(14)8-12(10)15-13(17)9-16(2)6-7-18-3/h4-5,8H,6-7,9,14H2,1-3H3,(H,15,17). The van der Waals surface area contributed by atoms with Gasteiger partial charge in [0.15, 0.2) is 0 Å². The number of aryl methyl sites for hydroxylation is 1. The lowest BCUT2D eigenvalue weighted by molar-refractivity contribution is -0.117. The van der Waals surface area contributed by atoms with E-state index in [1.54, 1.807) is 17.8 Å². The Labute approximate surface area is 113 Å². The first kappa shape index (κ1) is 14.9. The summed E-state index contributed by atoms with van der Waals surface area (Å²) < 4.78 is 0. The number of nitrogens with two attached hydrogens (primary N) is 1. The predicted molar refractivity (Wildman–Crippen MR) is 80.1 cm³/mol. The molecule has 0 heterocycles. The molecular formula is C13H21N3OS. The molecule has 0 aliphatic rings. The summed E-state index contributed by atoms with van der Waals surface area (Å²) in [5.74, 6) is 1.02. The number of anilines is 2. The molecule has 0 radical (unpaired) electrons. The van der Waals surface area contributed by atoms with Gasteiger partial charge in [0.1, 0.15) is 0 Å². The van der Waals surface area contributed by atoms with Gasteiger partial charge < -0.3 is 11.1 Å². The molecule has 0 unspecified atom stereocenters. The summed E-state index contributed by atoms with van der Waals surface area (Å²) in [6, 6.07) is 5.52. The van der Waals surface area contributed by atoms with Crippen LogP contribution in [0.25, 0.3) is 0 Å². The molecule has 1 rings (SSSR count). The van der Waals surface area contributed by atoms with E-state index < -0.39 is 0 Å². The molecular weight excluding hydrogens is 246 g/mol. The fourth-order valence-corrected chi connectivity index (χ4v) is 2.03. The van der Waals surface area contributed by atoms with Gasteiger partial charge in [0, 0.05) is 23.7 Å². The zero-order valence-corrected chi connectivity index (χ0v) is 12.0. The van der Waals surface area contributed by atoms with Gasteiger partial charge in [0.05, 0.1) is 6.54 Å². The van der Waals surface area contributed by atoms with Crippen LogP contribution in [-0.2, 0) is 4.79 Å². The second-order valence-electron chi connectivity index (χ2n) is 4.35. The molecule has 1 aromatic carbocycles. The lowest BCUT2D eigenvalue weighted by Gasteiger charge is -2.16. The van der Waals surface area contributed by atoms with Crippen LogP contribution in [0.1, 0.15) is 5.56 Å². The average Bonchev–Trinajstić information content (AvgIpc) is 2.31. The zero-order chi connectivity index (χ0) is 13.5. The predicted octanol–water partition coefficient (Wildman–Crippen LogP) is 1.81. The number of benzene rings is 1. The maximum absolute atomic E-state index is 11.8. The Morgan fingerprint density at radius 1 is 1.50 bits per heavy atom. The van der Waals surface area contributed by atoms with Crippen molar-refractivity contribution in [3.05, 3.63) is 23.8 Å².